The van der Waals surface area contributed by atoms with Crippen molar-refractivity contribution in [1.82, 2.24) is 25.4 Å². The summed E-state index contributed by atoms with van der Waals surface area (Å²) in [5.41, 5.74) is 1.15. The van der Waals surface area contributed by atoms with Crippen molar-refractivity contribution in [3.63, 3.8) is 0 Å². The minimum atomic E-state index is 0.0800. The van der Waals surface area contributed by atoms with Crippen molar-refractivity contribution in [2.24, 2.45) is 18.0 Å². The van der Waals surface area contributed by atoms with E-state index in [0.29, 0.717) is 25.0 Å². The lowest BCUT2D eigenvalue weighted by Gasteiger charge is -2.19. The highest BCUT2D eigenvalue weighted by molar-refractivity contribution is 5.80. The Kier molecular flexibility index (Phi) is 8.04. The molecule has 0 saturated heterocycles. The standard InChI is InChI=1S/C21H32N6O/c1-7-12-22-21(23-13-20-26-25-17(5)27(20)6)24-16(4)18-8-10-19(11-9-18)28-14-15(2)3/h7-11,15-16H,1,12-14H2,2-6H3,(H2,22,23,24). The van der Waals surface area contributed by atoms with Crippen LogP contribution in [0.4, 0.5) is 0 Å². The summed E-state index contributed by atoms with van der Waals surface area (Å²) < 4.78 is 7.69. The van der Waals surface area contributed by atoms with Crippen LogP contribution in [-0.2, 0) is 13.6 Å². The Morgan fingerprint density at radius 2 is 1.96 bits per heavy atom. The van der Waals surface area contributed by atoms with Gasteiger partial charge in [0.1, 0.15) is 18.1 Å². The molecule has 1 aromatic heterocycles. The van der Waals surface area contributed by atoms with E-state index in [-0.39, 0.29) is 6.04 Å². The molecule has 0 fully saturated rings. The molecule has 0 aliphatic carbocycles. The first kappa shape index (κ1) is 21.5. The van der Waals surface area contributed by atoms with Gasteiger partial charge in [0, 0.05) is 13.6 Å². The molecule has 152 valence electrons. The molecule has 0 spiro atoms. The molecule has 7 heteroatoms. The van der Waals surface area contributed by atoms with Gasteiger partial charge < -0.3 is 19.9 Å². The third-order valence-electron chi connectivity index (χ3n) is 4.29. The van der Waals surface area contributed by atoms with Crippen molar-refractivity contribution in [3.8, 4) is 5.75 Å². The summed E-state index contributed by atoms with van der Waals surface area (Å²) in [5.74, 6) is 3.78. The second-order valence-corrected chi connectivity index (χ2v) is 7.20. The fourth-order valence-corrected chi connectivity index (χ4v) is 2.46. The van der Waals surface area contributed by atoms with Gasteiger partial charge in [0.05, 0.1) is 12.6 Å². The van der Waals surface area contributed by atoms with Gasteiger partial charge in [-0.1, -0.05) is 32.1 Å². The number of aryl methyl sites for hydroxylation is 1. The third kappa shape index (κ3) is 6.40. The number of hydrogen-bond donors (Lipinski definition) is 2. The predicted octanol–water partition coefficient (Wildman–Crippen LogP) is 3.14. The molecule has 1 heterocycles. The summed E-state index contributed by atoms with van der Waals surface area (Å²) in [6.45, 7) is 13.8. The molecule has 7 nitrogen and oxygen atoms in total. The van der Waals surface area contributed by atoms with Gasteiger partial charge in [0.2, 0.25) is 0 Å². The molecule has 0 amide bonds. The van der Waals surface area contributed by atoms with Gasteiger partial charge in [-0.15, -0.1) is 16.8 Å². The quantitative estimate of drug-likeness (QED) is 0.395. The summed E-state index contributed by atoms with van der Waals surface area (Å²) in [6.07, 6.45) is 1.80. The van der Waals surface area contributed by atoms with E-state index < -0.39 is 0 Å². The summed E-state index contributed by atoms with van der Waals surface area (Å²) in [7, 11) is 1.94. The lowest BCUT2D eigenvalue weighted by Crippen LogP contribution is -2.39. The number of aromatic nitrogens is 3. The van der Waals surface area contributed by atoms with E-state index in [1.807, 2.05) is 30.7 Å². The molecule has 28 heavy (non-hydrogen) atoms. The molecule has 0 bridgehead atoms. The predicted molar refractivity (Wildman–Crippen MR) is 113 cm³/mol. The van der Waals surface area contributed by atoms with Crippen LogP contribution in [0.15, 0.2) is 41.9 Å². The Morgan fingerprint density at radius 1 is 1.25 bits per heavy atom. The van der Waals surface area contributed by atoms with Gasteiger partial charge >= 0.3 is 0 Å². The Labute approximate surface area is 167 Å². The first-order chi connectivity index (χ1) is 13.4. The van der Waals surface area contributed by atoms with E-state index in [9.17, 15) is 0 Å². The smallest absolute Gasteiger partial charge is 0.192 e. The fraction of sp³-hybridized carbons (Fsp3) is 0.476. The number of nitrogens with zero attached hydrogens (tertiary/aromatic N) is 4. The molecule has 0 radical (unpaired) electrons. The van der Waals surface area contributed by atoms with Crippen LogP contribution >= 0.6 is 0 Å². The van der Waals surface area contributed by atoms with Gasteiger partial charge in [-0.25, -0.2) is 4.99 Å². The molecule has 1 atom stereocenters. The largest absolute Gasteiger partial charge is 0.493 e. The minimum absolute atomic E-state index is 0.0800. The number of rotatable bonds is 9. The third-order valence-corrected chi connectivity index (χ3v) is 4.29. The summed E-state index contributed by atoms with van der Waals surface area (Å²) in [6, 6.07) is 8.24. The Balaban J connectivity index is 2.02. The Hall–Kier alpha value is -2.83. The molecule has 2 aromatic rings. The maximum absolute atomic E-state index is 5.75. The molecular formula is C21H32N6O. The van der Waals surface area contributed by atoms with Crippen molar-refractivity contribution in [2.45, 2.75) is 40.3 Å². The number of hydrogen-bond acceptors (Lipinski definition) is 4. The van der Waals surface area contributed by atoms with Gasteiger partial charge in [0.15, 0.2) is 11.8 Å². The summed E-state index contributed by atoms with van der Waals surface area (Å²) in [4.78, 5) is 4.64. The number of guanidine groups is 1. The van der Waals surface area contributed by atoms with E-state index >= 15 is 0 Å². The topological polar surface area (TPSA) is 76.4 Å². The minimum Gasteiger partial charge on any atom is -0.493 e. The second-order valence-electron chi connectivity index (χ2n) is 7.20. The van der Waals surface area contributed by atoms with Crippen LogP contribution in [0.2, 0.25) is 0 Å². The van der Waals surface area contributed by atoms with E-state index in [1.165, 1.54) is 0 Å². The van der Waals surface area contributed by atoms with Crippen LogP contribution in [-0.4, -0.2) is 33.9 Å². The first-order valence-corrected chi connectivity index (χ1v) is 9.64. The molecule has 0 aliphatic rings. The SMILES string of the molecule is C=CCNC(=NCc1nnc(C)n1C)NC(C)c1ccc(OCC(C)C)cc1. The fourth-order valence-electron chi connectivity index (χ4n) is 2.46. The van der Waals surface area contributed by atoms with Gasteiger partial charge in [-0.3, -0.25) is 0 Å². The second kappa shape index (κ2) is 10.5. The van der Waals surface area contributed by atoms with E-state index in [2.05, 4.69) is 65.3 Å². The molecule has 0 aliphatic heterocycles. The highest BCUT2D eigenvalue weighted by atomic mass is 16.5. The van der Waals surface area contributed by atoms with Crippen LogP contribution < -0.4 is 15.4 Å². The van der Waals surface area contributed by atoms with E-state index in [1.54, 1.807) is 6.08 Å². The number of nitrogens with one attached hydrogen (secondary N) is 2. The van der Waals surface area contributed by atoms with Crippen LogP contribution in [0, 0.1) is 12.8 Å². The Bertz CT molecular complexity index is 779. The average Bonchev–Trinajstić information content (AvgIpc) is 3.00. The molecule has 0 saturated carbocycles. The van der Waals surface area contributed by atoms with Crippen molar-refractivity contribution >= 4 is 5.96 Å². The van der Waals surface area contributed by atoms with E-state index in [0.717, 1.165) is 29.6 Å². The van der Waals surface area contributed by atoms with Gasteiger partial charge in [-0.2, -0.15) is 0 Å². The summed E-state index contributed by atoms with van der Waals surface area (Å²) >= 11 is 0. The highest BCUT2D eigenvalue weighted by Gasteiger charge is 2.10. The van der Waals surface area contributed by atoms with Gasteiger partial charge in [0.25, 0.3) is 0 Å². The number of benzene rings is 1. The van der Waals surface area contributed by atoms with Crippen molar-refractivity contribution < 1.29 is 4.74 Å². The maximum Gasteiger partial charge on any atom is 0.192 e. The van der Waals surface area contributed by atoms with Crippen molar-refractivity contribution in [3.05, 3.63) is 54.1 Å². The monoisotopic (exact) mass is 384 g/mol. The zero-order chi connectivity index (χ0) is 20.5. The Morgan fingerprint density at radius 3 is 2.54 bits per heavy atom. The normalized spacial score (nSPS) is 12.7. The number of aliphatic imine (C=N–C) groups is 1. The first-order valence-electron chi connectivity index (χ1n) is 9.64. The molecule has 2 N–H and O–H groups in total. The summed E-state index contributed by atoms with van der Waals surface area (Å²) in [5, 5.41) is 14.9. The zero-order valence-corrected chi connectivity index (χ0v) is 17.6. The van der Waals surface area contributed by atoms with Crippen LogP contribution in [0.1, 0.15) is 44.0 Å². The van der Waals surface area contributed by atoms with Crippen LogP contribution in [0.5, 0.6) is 5.75 Å². The molecular weight excluding hydrogens is 352 g/mol. The van der Waals surface area contributed by atoms with Crippen LogP contribution in [0.25, 0.3) is 0 Å². The molecule has 1 unspecified atom stereocenters. The van der Waals surface area contributed by atoms with Gasteiger partial charge in [-0.05, 0) is 37.5 Å². The maximum atomic E-state index is 5.75. The lowest BCUT2D eigenvalue weighted by molar-refractivity contribution is 0.271. The van der Waals surface area contributed by atoms with Crippen molar-refractivity contribution in [1.29, 1.82) is 0 Å². The van der Waals surface area contributed by atoms with E-state index in [4.69, 9.17) is 4.74 Å². The lowest BCUT2D eigenvalue weighted by atomic mass is 10.1. The van der Waals surface area contributed by atoms with Crippen molar-refractivity contribution in [2.75, 3.05) is 13.2 Å². The highest BCUT2D eigenvalue weighted by Crippen LogP contribution is 2.18. The average molecular weight is 385 g/mol. The number of ether oxygens (including phenoxy) is 1. The molecule has 2 rings (SSSR count). The zero-order valence-electron chi connectivity index (χ0n) is 17.6. The van der Waals surface area contributed by atoms with Crippen LogP contribution in [0.3, 0.4) is 0 Å². The molecule has 1 aromatic carbocycles.